The Labute approximate surface area is 165 Å². The minimum absolute atomic E-state index is 0.163. The van der Waals surface area contributed by atoms with Gasteiger partial charge in [0, 0.05) is 37.4 Å². The molecule has 1 heterocycles. The topological polar surface area (TPSA) is 78.4 Å². The SMILES string of the molecule is CCNC(=NCC(C)(C)c1cccc(F)c1)NCCNC(=O)c1cccnc1. The third-order valence-electron chi connectivity index (χ3n) is 4.21. The lowest BCUT2D eigenvalue weighted by atomic mass is 9.85. The number of nitrogens with one attached hydrogen (secondary N) is 3. The average molecular weight is 385 g/mol. The van der Waals surface area contributed by atoms with E-state index in [0.29, 0.717) is 37.7 Å². The fourth-order valence-electron chi connectivity index (χ4n) is 2.58. The summed E-state index contributed by atoms with van der Waals surface area (Å²) >= 11 is 0. The predicted molar refractivity (Wildman–Crippen MR) is 110 cm³/mol. The molecule has 0 atom stereocenters. The second-order valence-corrected chi connectivity index (χ2v) is 7.01. The van der Waals surface area contributed by atoms with E-state index in [2.05, 4.69) is 25.9 Å². The van der Waals surface area contributed by atoms with E-state index in [9.17, 15) is 9.18 Å². The Morgan fingerprint density at radius 3 is 2.61 bits per heavy atom. The average Bonchev–Trinajstić information content (AvgIpc) is 2.69. The molecule has 2 aromatic rings. The van der Waals surface area contributed by atoms with E-state index in [-0.39, 0.29) is 17.1 Å². The third-order valence-corrected chi connectivity index (χ3v) is 4.21. The Hall–Kier alpha value is -2.96. The number of rotatable bonds is 8. The molecule has 0 bridgehead atoms. The fraction of sp³-hybridized carbons (Fsp3) is 0.381. The van der Waals surface area contributed by atoms with E-state index in [1.165, 1.54) is 12.3 Å². The number of aliphatic imine (C=N–C) groups is 1. The fourth-order valence-corrected chi connectivity index (χ4v) is 2.58. The highest BCUT2D eigenvalue weighted by molar-refractivity contribution is 5.93. The van der Waals surface area contributed by atoms with Crippen LogP contribution in [0.4, 0.5) is 4.39 Å². The highest BCUT2D eigenvalue weighted by Crippen LogP contribution is 2.24. The van der Waals surface area contributed by atoms with Crippen LogP contribution in [0, 0.1) is 5.82 Å². The van der Waals surface area contributed by atoms with Crippen LogP contribution in [0.15, 0.2) is 53.8 Å². The summed E-state index contributed by atoms with van der Waals surface area (Å²) in [6.07, 6.45) is 3.16. The van der Waals surface area contributed by atoms with Crippen molar-refractivity contribution in [2.45, 2.75) is 26.2 Å². The first-order valence-corrected chi connectivity index (χ1v) is 9.39. The number of hydrogen-bond acceptors (Lipinski definition) is 3. The molecule has 28 heavy (non-hydrogen) atoms. The number of nitrogens with zero attached hydrogens (tertiary/aromatic N) is 2. The van der Waals surface area contributed by atoms with Crippen molar-refractivity contribution in [1.29, 1.82) is 0 Å². The summed E-state index contributed by atoms with van der Waals surface area (Å²) < 4.78 is 13.5. The zero-order valence-corrected chi connectivity index (χ0v) is 16.6. The molecular weight excluding hydrogens is 357 g/mol. The van der Waals surface area contributed by atoms with Gasteiger partial charge in [-0.3, -0.25) is 14.8 Å². The molecular formula is C21H28FN5O. The monoisotopic (exact) mass is 385 g/mol. The summed E-state index contributed by atoms with van der Waals surface area (Å²) in [5.41, 5.74) is 1.12. The van der Waals surface area contributed by atoms with Crippen LogP contribution in [0.1, 0.15) is 36.7 Å². The number of guanidine groups is 1. The van der Waals surface area contributed by atoms with Crippen LogP contribution >= 0.6 is 0 Å². The summed E-state index contributed by atoms with van der Waals surface area (Å²) in [5.74, 6) is 0.246. The molecule has 0 unspecified atom stereocenters. The van der Waals surface area contributed by atoms with Crippen molar-refractivity contribution < 1.29 is 9.18 Å². The van der Waals surface area contributed by atoms with Crippen LogP contribution in [0.25, 0.3) is 0 Å². The van der Waals surface area contributed by atoms with Gasteiger partial charge in [0.1, 0.15) is 5.82 Å². The summed E-state index contributed by atoms with van der Waals surface area (Å²) in [7, 11) is 0. The zero-order valence-electron chi connectivity index (χ0n) is 16.6. The molecule has 0 aliphatic carbocycles. The zero-order chi connectivity index (χ0) is 20.4. The highest BCUT2D eigenvalue weighted by atomic mass is 19.1. The summed E-state index contributed by atoms with van der Waals surface area (Å²) in [5, 5.41) is 9.21. The number of pyridine rings is 1. The first-order valence-electron chi connectivity index (χ1n) is 9.39. The first-order chi connectivity index (χ1) is 13.4. The van der Waals surface area contributed by atoms with E-state index >= 15 is 0 Å². The van der Waals surface area contributed by atoms with Crippen LogP contribution in [0.5, 0.6) is 0 Å². The molecule has 0 fully saturated rings. The molecule has 3 N–H and O–H groups in total. The van der Waals surface area contributed by atoms with Gasteiger partial charge in [0.05, 0.1) is 12.1 Å². The quantitative estimate of drug-likeness (QED) is 0.371. The van der Waals surface area contributed by atoms with Gasteiger partial charge in [0.15, 0.2) is 5.96 Å². The van der Waals surface area contributed by atoms with Gasteiger partial charge >= 0.3 is 0 Å². The highest BCUT2D eigenvalue weighted by Gasteiger charge is 2.21. The normalized spacial score (nSPS) is 11.8. The molecule has 0 saturated heterocycles. The Balaban J connectivity index is 1.87. The Kier molecular flexibility index (Phi) is 7.92. The maximum absolute atomic E-state index is 13.5. The summed E-state index contributed by atoms with van der Waals surface area (Å²) in [6, 6.07) is 10.1. The van der Waals surface area contributed by atoms with Crippen molar-refractivity contribution in [1.82, 2.24) is 20.9 Å². The Bertz CT molecular complexity index is 792. The van der Waals surface area contributed by atoms with Gasteiger partial charge in [-0.25, -0.2) is 4.39 Å². The van der Waals surface area contributed by atoms with Gasteiger partial charge in [-0.15, -0.1) is 0 Å². The predicted octanol–water partition coefficient (Wildman–Crippen LogP) is 2.48. The third kappa shape index (κ3) is 6.64. The molecule has 1 aromatic heterocycles. The number of aromatic nitrogens is 1. The Morgan fingerprint density at radius 1 is 1.14 bits per heavy atom. The summed E-state index contributed by atoms with van der Waals surface area (Å²) in [4.78, 5) is 20.6. The molecule has 0 radical (unpaired) electrons. The van der Waals surface area contributed by atoms with Gasteiger partial charge in [0.2, 0.25) is 0 Å². The smallest absolute Gasteiger partial charge is 0.252 e. The standard InChI is InChI=1S/C21H28FN5O/c1-4-24-20(26-12-11-25-19(28)16-7-6-10-23-14-16)27-15-21(2,3)17-8-5-9-18(22)13-17/h5-10,13-14H,4,11-12,15H2,1-3H3,(H,25,28)(H2,24,26,27). The molecule has 1 amide bonds. The molecule has 1 aromatic carbocycles. The van der Waals surface area contributed by atoms with Crippen LogP contribution < -0.4 is 16.0 Å². The Morgan fingerprint density at radius 2 is 1.93 bits per heavy atom. The largest absolute Gasteiger partial charge is 0.357 e. The second kappa shape index (κ2) is 10.4. The van der Waals surface area contributed by atoms with Gasteiger partial charge < -0.3 is 16.0 Å². The van der Waals surface area contributed by atoms with Gasteiger partial charge in [-0.1, -0.05) is 26.0 Å². The number of hydrogen-bond donors (Lipinski definition) is 3. The lowest BCUT2D eigenvalue weighted by Crippen LogP contribution is -2.42. The lowest BCUT2D eigenvalue weighted by molar-refractivity contribution is 0.0954. The van der Waals surface area contributed by atoms with Crippen molar-refractivity contribution in [2.24, 2.45) is 4.99 Å². The maximum Gasteiger partial charge on any atom is 0.252 e. The lowest BCUT2D eigenvalue weighted by Gasteiger charge is -2.24. The van der Waals surface area contributed by atoms with Crippen LogP contribution in [-0.2, 0) is 5.41 Å². The van der Waals surface area contributed by atoms with Crippen molar-refractivity contribution in [3.63, 3.8) is 0 Å². The minimum Gasteiger partial charge on any atom is -0.357 e. The molecule has 150 valence electrons. The molecule has 2 rings (SSSR count). The first kappa shape index (κ1) is 21.3. The molecule has 0 aliphatic rings. The van der Waals surface area contributed by atoms with E-state index in [4.69, 9.17) is 0 Å². The van der Waals surface area contributed by atoms with E-state index in [0.717, 1.165) is 5.56 Å². The van der Waals surface area contributed by atoms with Gasteiger partial charge in [-0.05, 0) is 36.8 Å². The van der Waals surface area contributed by atoms with Crippen LogP contribution in [0.2, 0.25) is 0 Å². The van der Waals surface area contributed by atoms with Crippen molar-refractivity contribution >= 4 is 11.9 Å². The van der Waals surface area contributed by atoms with Crippen LogP contribution in [-0.4, -0.2) is 43.0 Å². The number of carbonyl (C=O) groups is 1. The number of amides is 1. The maximum atomic E-state index is 13.5. The van der Waals surface area contributed by atoms with Crippen molar-refractivity contribution in [3.8, 4) is 0 Å². The number of carbonyl (C=O) groups excluding carboxylic acids is 1. The second-order valence-electron chi connectivity index (χ2n) is 7.01. The van der Waals surface area contributed by atoms with Crippen LogP contribution in [0.3, 0.4) is 0 Å². The van der Waals surface area contributed by atoms with E-state index in [1.54, 1.807) is 30.5 Å². The van der Waals surface area contributed by atoms with Gasteiger partial charge in [-0.2, -0.15) is 0 Å². The van der Waals surface area contributed by atoms with E-state index < -0.39 is 0 Å². The number of halogens is 1. The molecule has 6 nitrogen and oxygen atoms in total. The molecule has 0 saturated carbocycles. The van der Waals surface area contributed by atoms with Crippen molar-refractivity contribution in [3.05, 3.63) is 65.7 Å². The molecule has 0 spiro atoms. The molecule has 0 aliphatic heterocycles. The number of benzene rings is 1. The summed E-state index contributed by atoms with van der Waals surface area (Å²) in [6.45, 7) is 8.23. The van der Waals surface area contributed by atoms with Crippen molar-refractivity contribution in [2.75, 3.05) is 26.2 Å². The molecule has 7 heteroatoms. The van der Waals surface area contributed by atoms with Gasteiger partial charge in [0.25, 0.3) is 5.91 Å². The minimum atomic E-state index is -0.307. The van der Waals surface area contributed by atoms with E-state index in [1.807, 2.05) is 26.8 Å².